The maximum atomic E-state index is 9.53. The molecule has 0 aromatic rings. The average Bonchev–Trinajstić information content (AvgIpc) is 2.35. The third-order valence-electron chi connectivity index (χ3n) is 2.34. The van der Waals surface area contributed by atoms with Gasteiger partial charge in [-0.15, -0.1) is 0 Å². The molecule has 0 saturated carbocycles. The van der Waals surface area contributed by atoms with Crippen molar-refractivity contribution in [3.63, 3.8) is 0 Å². The molecule has 2 rings (SSSR count). The van der Waals surface area contributed by atoms with Gasteiger partial charge in [0, 0.05) is 0 Å². The van der Waals surface area contributed by atoms with E-state index in [0.29, 0.717) is 0 Å². The Morgan fingerprint density at radius 2 is 1.38 bits per heavy atom. The van der Waals surface area contributed by atoms with Crippen LogP contribution in [0.1, 0.15) is 13.8 Å². The van der Waals surface area contributed by atoms with Crippen molar-refractivity contribution in [2.45, 2.75) is 44.1 Å². The van der Waals surface area contributed by atoms with Crippen molar-refractivity contribution in [3.05, 3.63) is 12.2 Å². The summed E-state index contributed by atoms with van der Waals surface area (Å²) in [7, 11) is 0. The van der Waals surface area contributed by atoms with Crippen LogP contribution in [0.25, 0.3) is 0 Å². The highest BCUT2D eigenvalue weighted by Gasteiger charge is 2.48. The van der Waals surface area contributed by atoms with E-state index in [9.17, 15) is 10.2 Å². The maximum absolute atomic E-state index is 9.53. The first-order valence-corrected chi connectivity index (χ1v) is 4.40. The third-order valence-corrected chi connectivity index (χ3v) is 2.34. The summed E-state index contributed by atoms with van der Waals surface area (Å²) in [5, 5.41) is 19.1. The molecule has 1 saturated heterocycles. The number of ether oxygens (including phenoxy) is 2. The number of fused-ring (bicyclic) bond motifs is 1. The number of aliphatic hydroxyl groups is 2. The van der Waals surface area contributed by atoms with Gasteiger partial charge in [0.15, 0.2) is 5.79 Å². The topological polar surface area (TPSA) is 58.9 Å². The monoisotopic (exact) mass is 186 g/mol. The molecular formula is C9H14O4. The average molecular weight is 186 g/mol. The van der Waals surface area contributed by atoms with Crippen LogP contribution >= 0.6 is 0 Å². The summed E-state index contributed by atoms with van der Waals surface area (Å²) < 4.78 is 10.9. The predicted molar refractivity (Wildman–Crippen MR) is 45.0 cm³/mol. The van der Waals surface area contributed by atoms with Crippen LogP contribution in [-0.2, 0) is 9.47 Å². The first kappa shape index (κ1) is 9.15. The van der Waals surface area contributed by atoms with Gasteiger partial charge in [0.05, 0.1) is 0 Å². The second-order valence-electron chi connectivity index (χ2n) is 3.93. The molecule has 13 heavy (non-hydrogen) atoms. The quantitative estimate of drug-likeness (QED) is 0.514. The van der Waals surface area contributed by atoms with Gasteiger partial charge >= 0.3 is 0 Å². The van der Waals surface area contributed by atoms with E-state index in [-0.39, 0.29) is 0 Å². The summed E-state index contributed by atoms with van der Waals surface area (Å²) in [6.45, 7) is 3.54. The van der Waals surface area contributed by atoms with Crippen LogP contribution in [0.5, 0.6) is 0 Å². The molecule has 0 bridgehead atoms. The minimum absolute atomic E-state index is 0.449. The van der Waals surface area contributed by atoms with Gasteiger partial charge in [0.2, 0.25) is 0 Å². The molecule has 0 unspecified atom stereocenters. The van der Waals surface area contributed by atoms with Crippen LogP contribution in [0.3, 0.4) is 0 Å². The van der Waals surface area contributed by atoms with E-state index >= 15 is 0 Å². The van der Waals surface area contributed by atoms with E-state index in [1.807, 2.05) is 0 Å². The van der Waals surface area contributed by atoms with E-state index in [2.05, 4.69) is 0 Å². The standard InChI is InChI=1S/C9H14O4/c1-9(2)12-7-5(10)3-4-6(11)8(7)13-9/h3-8,10-11H,1-2H3/t5-,6-,7-,8-/m0/s1. The number of hydrogen-bond acceptors (Lipinski definition) is 4. The molecule has 4 atom stereocenters. The predicted octanol–water partition coefficient (Wildman–Crippen LogP) is -0.202. The molecular weight excluding hydrogens is 172 g/mol. The van der Waals surface area contributed by atoms with Gasteiger partial charge in [-0.1, -0.05) is 12.2 Å². The van der Waals surface area contributed by atoms with Crippen LogP contribution < -0.4 is 0 Å². The van der Waals surface area contributed by atoms with Crippen molar-refractivity contribution in [2.75, 3.05) is 0 Å². The highest BCUT2D eigenvalue weighted by Crippen LogP contribution is 2.34. The van der Waals surface area contributed by atoms with Gasteiger partial charge in [-0.25, -0.2) is 0 Å². The van der Waals surface area contributed by atoms with Crippen LogP contribution in [0, 0.1) is 0 Å². The molecule has 1 fully saturated rings. The summed E-state index contributed by atoms with van der Waals surface area (Å²) >= 11 is 0. The Kier molecular flexibility index (Phi) is 1.96. The van der Waals surface area contributed by atoms with Gasteiger partial charge in [-0.2, -0.15) is 0 Å². The summed E-state index contributed by atoms with van der Waals surface area (Å²) in [6, 6.07) is 0. The smallest absolute Gasteiger partial charge is 0.164 e. The van der Waals surface area contributed by atoms with Gasteiger partial charge in [-0.05, 0) is 13.8 Å². The molecule has 0 amide bonds. The highest BCUT2D eigenvalue weighted by molar-refractivity contribution is 5.10. The Balaban J connectivity index is 2.21. The fourth-order valence-corrected chi connectivity index (χ4v) is 1.79. The first-order valence-electron chi connectivity index (χ1n) is 4.40. The molecule has 4 nitrogen and oxygen atoms in total. The lowest BCUT2D eigenvalue weighted by Crippen LogP contribution is -2.44. The molecule has 2 aliphatic rings. The zero-order chi connectivity index (χ0) is 9.64. The van der Waals surface area contributed by atoms with E-state index in [4.69, 9.17) is 9.47 Å². The van der Waals surface area contributed by atoms with Gasteiger partial charge < -0.3 is 19.7 Å². The van der Waals surface area contributed by atoms with Gasteiger partial charge in [0.1, 0.15) is 24.4 Å². The first-order chi connectivity index (χ1) is 5.99. The zero-order valence-corrected chi connectivity index (χ0v) is 7.68. The molecule has 4 heteroatoms. The Bertz CT molecular complexity index is 214. The zero-order valence-electron chi connectivity index (χ0n) is 7.68. The Labute approximate surface area is 76.8 Å². The fraction of sp³-hybridized carbons (Fsp3) is 0.778. The van der Waals surface area contributed by atoms with Crippen molar-refractivity contribution in [3.8, 4) is 0 Å². The summed E-state index contributed by atoms with van der Waals surface area (Å²) in [5.74, 6) is -0.719. The minimum Gasteiger partial charge on any atom is -0.386 e. The Morgan fingerprint density at radius 3 is 1.77 bits per heavy atom. The van der Waals surface area contributed by atoms with Gasteiger partial charge in [0.25, 0.3) is 0 Å². The van der Waals surface area contributed by atoms with E-state index < -0.39 is 30.2 Å². The Hall–Kier alpha value is -0.420. The van der Waals surface area contributed by atoms with E-state index in [0.717, 1.165) is 0 Å². The molecule has 2 N–H and O–H groups in total. The van der Waals surface area contributed by atoms with E-state index in [1.165, 1.54) is 12.2 Å². The molecule has 1 aliphatic heterocycles. The van der Waals surface area contributed by atoms with Crippen molar-refractivity contribution in [1.82, 2.24) is 0 Å². The molecule has 0 radical (unpaired) electrons. The lowest BCUT2D eigenvalue weighted by atomic mass is 9.97. The van der Waals surface area contributed by atoms with Crippen LogP contribution in [-0.4, -0.2) is 40.4 Å². The van der Waals surface area contributed by atoms with Crippen molar-refractivity contribution < 1.29 is 19.7 Å². The molecule has 74 valence electrons. The molecule has 1 aliphatic carbocycles. The lowest BCUT2D eigenvalue weighted by molar-refractivity contribution is -0.155. The Morgan fingerprint density at radius 1 is 1.00 bits per heavy atom. The van der Waals surface area contributed by atoms with Crippen LogP contribution in [0.4, 0.5) is 0 Å². The maximum Gasteiger partial charge on any atom is 0.164 e. The third kappa shape index (κ3) is 1.50. The number of hydrogen-bond donors (Lipinski definition) is 2. The summed E-state index contributed by atoms with van der Waals surface area (Å²) in [6.07, 6.45) is 0.808. The van der Waals surface area contributed by atoms with E-state index in [1.54, 1.807) is 13.8 Å². The van der Waals surface area contributed by atoms with Crippen molar-refractivity contribution in [2.24, 2.45) is 0 Å². The second-order valence-corrected chi connectivity index (χ2v) is 3.93. The fourth-order valence-electron chi connectivity index (χ4n) is 1.79. The summed E-state index contributed by atoms with van der Waals surface area (Å²) in [5.41, 5.74) is 0. The highest BCUT2D eigenvalue weighted by atomic mass is 16.8. The SMILES string of the molecule is CC1(C)O[C@@H]2[C@@H](O1)[C@@H](O)C=C[C@@H]2O. The van der Waals surface area contributed by atoms with Crippen LogP contribution in [0.15, 0.2) is 12.2 Å². The molecule has 0 aromatic carbocycles. The summed E-state index contributed by atoms with van der Waals surface area (Å²) in [4.78, 5) is 0. The molecule has 0 aromatic heterocycles. The van der Waals surface area contributed by atoms with Crippen molar-refractivity contribution in [1.29, 1.82) is 0 Å². The van der Waals surface area contributed by atoms with Crippen LogP contribution in [0.2, 0.25) is 0 Å². The number of rotatable bonds is 0. The number of aliphatic hydroxyl groups excluding tert-OH is 2. The lowest BCUT2D eigenvalue weighted by Gasteiger charge is -2.26. The molecule has 1 heterocycles. The van der Waals surface area contributed by atoms with Gasteiger partial charge in [-0.3, -0.25) is 0 Å². The van der Waals surface area contributed by atoms with Crippen molar-refractivity contribution >= 4 is 0 Å². The normalized spacial score (nSPS) is 47.7. The molecule has 0 spiro atoms. The second kappa shape index (κ2) is 2.78. The largest absolute Gasteiger partial charge is 0.386 e. The minimum atomic E-state index is -0.719.